The average Bonchev–Trinajstić information content (AvgIpc) is 2.60. The molecule has 0 atom stereocenters. The highest BCUT2D eigenvalue weighted by molar-refractivity contribution is 5.72. The van der Waals surface area contributed by atoms with E-state index in [9.17, 15) is 4.39 Å². The van der Waals surface area contributed by atoms with Crippen molar-refractivity contribution in [2.45, 2.75) is 26.2 Å². The van der Waals surface area contributed by atoms with Gasteiger partial charge >= 0.3 is 0 Å². The molecule has 0 radical (unpaired) electrons. The Morgan fingerprint density at radius 3 is 2.44 bits per heavy atom. The minimum atomic E-state index is -0.383. The number of halogens is 1. The topological polar surface area (TPSA) is 56.7 Å². The van der Waals surface area contributed by atoms with Gasteiger partial charge in [-0.3, -0.25) is 0 Å². The van der Waals surface area contributed by atoms with Gasteiger partial charge in [-0.2, -0.15) is 5.10 Å². The maximum Gasteiger partial charge on any atom is 0.163 e. The van der Waals surface area contributed by atoms with E-state index in [-0.39, 0.29) is 11.2 Å². The lowest BCUT2D eigenvalue weighted by molar-refractivity contribution is 0.538. The van der Waals surface area contributed by atoms with Gasteiger partial charge in [0.05, 0.1) is 5.56 Å². The summed E-state index contributed by atoms with van der Waals surface area (Å²) in [5.41, 5.74) is 6.31. The second-order valence-electron chi connectivity index (χ2n) is 5.34. The molecule has 5 heteroatoms. The number of benzene rings is 1. The number of nitrogens with two attached hydrogens (primary N) is 1. The van der Waals surface area contributed by atoms with Crippen LogP contribution in [0.15, 0.2) is 18.2 Å². The number of rotatable bonds is 1. The molecule has 0 aliphatic rings. The summed E-state index contributed by atoms with van der Waals surface area (Å²) < 4.78 is 15.4. The minimum Gasteiger partial charge on any atom is -0.398 e. The smallest absolute Gasteiger partial charge is 0.163 e. The van der Waals surface area contributed by atoms with Gasteiger partial charge in [0.15, 0.2) is 11.6 Å². The van der Waals surface area contributed by atoms with Gasteiger partial charge in [0.1, 0.15) is 5.82 Å². The molecular formula is C13H17FN4. The molecule has 0 aliphatic carbocycles. The number of aryl methyl sites for hydroxylation is 1. The third-order valence-electron chi connectivity index (χ3n) is 2.70. The first-order valence-corrected chi connectivity index (χ1v) is 5.76. The summed E-state index contributed by atoms with van der Waals surface area (Å²) >= 11 is 0. The van der Waals surface area contributed by atoms with Gasteiger partial charge in [0.2, 0.25) is 0 Å². The van der Waals surface area contributed by atoms with Crippen LogP contribution in [-0.2, 0) is 12.5 Å². The quantitative estimate of drug-likeness (QED) is 0.789. The van der Waals surface area contributed by atoms with Gasteiger partial charge in [0.25, 0.3) is 0 Å². The first kappa shape index (κ1) is 12.5. The van der Waals surface area contributed by atoms with Crippen molar-refractivity contribution in [1.82, 2.24) is 14.8 Å². The average molecular weight is 248 g/mol. The Hall–Kier alpha value is -1.91. The molecule has 1 aromatic carbocycles. The van der Waals surface area contributed by atoms with Crippen LogP contribution in [0.3, 0.4) is 0 Å². The van der Waals surface area contributed by atoms with Crippen LogP contribution in [0.5, 0.6) is 0 Å². The molecule has 1 aromatic heterocycles. The second kappa shape index (κ2) is 4.08. The number of anilines is 1. The molecule has 0 saturated carbocycles. The SMILES string of the molecule is Cn1nc(C(C)(C)C)nc1-c1c(N)cccc1F. The lowest BCUT2D eigenvalue weighted by Gasteiger charge is -2.12. The van der Waals surface area contributed by atoms with E-state index in [2.05, 4.69) is 10.1 Å². The Labute approximate surface area is 106 Å². The first-order valence-electron chi connectivity index (χ1n) is 5.76. The van der Waals surface area contributed by atoms with Gasteiger partial charge in [-0.05, 0) is 12.1 Å². The van der Waals surface area contributed by atoms with Crippen molar-refractivity contribution in [3.63, 3.8) is 0 Å². The number of nitrogen functional groups attached to an aromatic ring is 1. The number of aromatic nitrogens is 3. The van der Waals surface area contributed by atoms with Crippen molar-refractivity contribution in [3.05, 3.63) is 29.8 Å². The highest BCUT2D eigenvalue weighted by Crippen LogP contribution is 2.29. The van der Waals surface area contributed by atoms with E-state index in [0.717, 1.165) is 0 Å². The van der Waals surface area contributed by atoms with Gasteiger partial charge in [0, 0.05) is 18.2 Å². The number of hydrogen-bond donors (Lipinski definition) is 1. The van der Waals surface area contributed by atoms with E-state index in [1.54, 1.807) is 23.9 Å². The van der Waals surface area contributed by atoms with Crippen molar-refractivity contribution in [2.24, 2.45) is 7.05 Å². The van der Waals surface area contributed by atoms with E-state index >= 15 is 0 Å². The van der Waals surface area contributed by atoms with Crippen LogP contribution in [0.25, 0.3) is 11.4 Å². The Morgan fingerprint density at radius 1 is 1.28 bits per heavy atom. The normalized spacial score (nSPS) is 11.8. The monoisotopic (exact) mass is 248 g/mol. The molecule has 0 saturated heterocycles. The van der Waals surface area contributed by atoms with Crippen LogP contribution >= 0.6 is 0 Å². The molecule has 0 spiro atoms. The highest BCUT2D eigenvalue weighted by atomic mass is 19.1. The van der Waals surface area contributed by atoms with E-state index in [1.165, 1.54) is 6.07 Å². The summed E-state index contributed by atoms with van der Waals surface area (Å²) in [6.07, 6.45) is 0. The Morgan fingerprint density at radius 2 is 1.94 bits per heavy atom. The fourth-order valence-corrected chi connectivity index (χ4v) is 1.70. The maximum atomic E-state index is 13.9. The summed E-state index contributed by atoms with van der Waals surface area (Å²) in [5, 5.41) is 4.32. The fraction of sp³-hybridized carbons (Fsp3) is 0.385. The van der Waals surface area contributed by atoms with E-state index in [4.69, 9.17) is 5.73 Å². The molecule has 2 rings (SSSR count). The molecular weight excluding hydrogens is 231 g/mol. The molecule has 0 aliphatic heterocycles. The molecule has 0 bridgehead atoms. The maximum absolute atomic E-state index is 13.9. The summed E-state index contributed by atoms with van der Waals surface area (Å²) in [6, 6.07) is 4.61. The van der Waals surface area contributed by atoms with Crippen molar-refractivity contribution in [2.75, 3.05) is 5.73 Å². The van der Waals surface area contributed by atoms with Gasteiger partial charge < -0.3 is 5.73 Å². The highest BCUT2D eigenvalue weighted by Gasteiger charge is 2.23. The molecule has 18 heavy (non-hydrogen) atoms. The molecule has 4 nitrogen and oxygen atoms in total. The van der Waals surface area contributed by atoms with E-state index in [0.29, 0.717) is 22.9 Å². The largest absolute Gasteiger partial charge is 0.398 e. The second-order valence-corrected chi connectivity index (χ2v) is 5.34. The van der Waals surface area contributed by atoms with Gasteiger partial charge in [-0.1, -0.05) is 26.8 Å². The van der Waals surface area contributed by atoms with Crippen LogP contribution in [0.4, 0.5) is 10.1 Å². The fourth-order valence-electron chi connectivity index (χ4n) is 1.70. The van der Waals surface area contributed by atoms with Gasteiger partial charge in [-0.15, -0.1) is 0 Å². The van der Waals surface area contributed by atoms with Crippen LogP contribution in [-0.4, -0.2) is 14.8 Å². The molecule has 96 valence electrons. The van der Waals surface area contributed by atoms with Crippen molar-refractivity contribution < 1.29 is 4.39 Å². The molecule has 1 heterocycles. The van der Waals surface area contributed by atoms with Crippen LogP contribution in [0.2, 0.25) is 0 Å². The lowest BCUT2D eigenvalue weighted by atomic mass is 9.96. The summed E-state index contributed by atoms with van der Waals surface area (Å²) in [5.74, 6) is 0.740. The standard InChI is InChI=1S/C13H17FN4/c1-13(2,3)12-16-11(18(4)17-12)10-8(14)6-5-7-9(10)15/h5-7H,15H2,1-4H3. The Bertz CT molecular complexity index is 561. The molecule has 2 aromatic rings. The number of hydrogen-bond acceptors (Lipinski definition) is 3. The van der Waals surface area contributed by atoms with Crippen molar-refractivity contribution >= 4 is 5.69 Å². The zero-order valence-electron chi connectivity index (χ0n) is 11.0. The Balaban J connectivity index is 2.62. The van der Waals surface area contributed by atoms with Crippen molar-refractivity contribution in [1.29, 1.82) is 0 Å². The predicted octanol–water partition coefficient (Wildman–Crippen LogP) is 2.50. The zero-order chi connectivity index (χ0) is 13.5. The molecule has 0 amide bonds. The van der Waals surface area contributed by atoms with Crippen molar-refractivity contribution in [3.8, 4) is 11.4 Å². The van der Waals surface area contributed by atoms with E-state index < -0.39 is 0 Å². The van der Waals surface area contributed by atoms with Crippen LogP contribution < -0.4 is 5.73 Å². The molecule has 0 fully saturated rings. The molecule has 2 N–H and O–H groups in total. The summed E-state index contributed by atoms with van der Waals surface area (Å²) in [4.78, 5) is 4.40. The zero-order valence-corrected chi connectivity index (χ0v) is 11.0. The number of nitrogens with zero attached hydrogens (tertiary/aromatic N) is 3. The van der Waals surface area contributed by atoms with Gasteiger partial charge in [-0.25, -0.2) is 14.1 Å². The molecule has 0 unspecified atom stereocenters. The summed E-state index contributed by atoms with van der Waals surface area (Å²) in [7, 11) is 1.74. The third kappa shape index (κ3) is 2.08. The van der Waals surface area contributed by atoms with Crippen LogP contribution in [0, 0.1) is 5.82 Å². The predicted molar refractivity (Wildman–Crippen MR) is 69.5 cm³/mol. The lowest BCUT2D eigenvalue weighted by Crippen LogP contribution is -2.13. The third-order valence-corrected chi connectivity index (χ3v) is 2.70. The first-order chi connectivity index (χ1) is 8.30. The summed E-state index contributed by atoms with van der Waals surface area (Å²) in [6.45, 7) is 6.03. The Kier molecular flexibility index (Phi) is 2.84. The minimum absolute atomic E-state index is 0.184. The van der Waals surface area contributed by atoms with Crippen LogP contribution in [0.1, 0.15) is 26.6 Å². The van der Waals surface area contributed by atoms with E-state index in [1.807, 2.05) is 20.8 Å².